The van der Waals surface area contributed by atoms with Crippen molar-refractivity contribution in [2.24, 2.45) is 17.8 Å². The third-order valence-electron chi connectivity index (χ3n) is 12.4. The van der Waals surface area contributed by atoms with Crippen LogP contribution >= 0.6 is 0 Å². The highest BCUT2D eigenvalue weighted by atomic mass is 32.2. The zero-order valence-corrected chi connectivity index (χ0v) is 34.8. The fourth-order valence-corrected chi connectivity index (χ4v) is 9.55. The molecular formula is C43H60N6O8S. The Kier molecular flexibility index (Phi) is 11.2. The first-order valence-corrected chi connectivity index (χ1v) is 21.6. The molecule has 15 heteroatoms. The number of hydrogen-bond acceptors (Lipinski definition) is 10. The summed E-state index contributed by atoms with van der Waals surface area (Å²) >= 11 is 0. The summed E-state index contributed by atoms with van der Waals surface area (Å²) in [6.45, 7) is 5.63. The van der Waals surface area contributed by atoms with Gasteiger partial charge in [-0.3, -0.25) is 23.9 Å². The minimum atomic E-state index is -4.00. The number of pyridine rings is 1. The number of aromatic nitrogens is 1. The van der Waals surface area contributed by atoms with E-state index in [2.05, 4.69) is 27.3 Å². The number of fused-ring (bicyclic) bond motifs is 3. The molecular weight excluding hydrogens is 761 g/mol. The van der Waals surface area contributed by atoms with E-state index in [0.717, 1.165) is 17.5 Å². The molecule has 58 heavy (non-hydrogen) atoms. The van der Waals surface area contributed by atoms with Gasteiger partial charge < -0.3 is 29.9 Å². The number of allylic oxidation sites excluding steroid dienone is 1. The molecule has 4 aliphatic rings. The van der Waals surface area contributed by atoms with Crippen LogP contribution in [0.5, 0.6) is 11.6 Å². The van der Waals surface area contributed by atoms with Crippen molar-refractivity contribution in [2.45, 2.75) is 94.2 Å². The highest BCUT2D eigenvalue weighted by molar-refractivity contribution is 7.91. The van der Waals surface area contributed by atoms with Gasteiger partial charge in [-0.05, 0) is 111 Å². The van der Waals surface area contributed by atoms with E-state index in [1.165, 1.54) is 4.90 Å². The molecule has 7 atom stereocenters. The zero-order valence-electron chi connectivity index (χ0n) is 34.0. The maximum atomic E-state index is 15.0. The van der Waals surface area contributed by atoms with Crippen LogP contribution in [0.2, 0.25) is 0 Å². The van der Waals surface area contributed by atoms with Gasteiger partial charge in [-0.25, -0.2) is 13.4 Å². The molecule has 0 radical (unpaired) electrons. The van der Waals surface area contributed by atoms with Gasteiger partial charge in [0.1, 0.15) is 29.5 Å². The molecule has 7 rings (SSSR count). The number of ether oxygens (including phenoxy) is 2. The molecule has 3 aromatic rings. The van der Waals surface area contributed by atoms with Crippen LogP contribution in [0.25, 0.3) is 10.8 Å². The maximum Gasteiger partial charge on any atom is 0.259 e. The van der Waals surface area contributed by atoms with Gasteiger partial charge in [-0.15, -0.1) is 0 Å². The summed E-state index contributed by atoms with van der Waals surface area (Å²) in [6.07, 6.45) is 7.98. The Bertz CT molecular complexity index is 2240. The maximum absolute atomic E-state index is 15.0. The minimum absolute atomic E-state index is 0. The second-order valence-corrected chi connectivity index (χ2v) is 19.3. The second kappa shape index (κ2) is 15.9. The fraction of sp³-hybridized carbons (Fsp3) is 0.512. The number of amides is 4. The summed E-state index contributed by atoms with van der Waals surface area (Å²) in [5.41, 5.74) is -0.224. The number of rotatable bonds is 9. The molecule has 0 spiro atoms. The molecule has 2 aliphatic carbocycles. The number of anilines is 1. The van der Waals surface area contributed by atoms with Crippen LogP contribution in [-0.2, 0) is 24.4 Å². The summed E-state index contributed by atoms with van der Waals surface area (Å²) in [5.74, 6) is -1.91. The Morgan fingerprint density at radius 3 is 2.48 bits per heavy atom. The van der Waals surface area contributed by atoms with Crippen molar-refractivity contribution in [1.82, 2.24) is 25.2 Å². The SMILES string of the molecule is COc1ccc2c(O[C@@H]3C[C@H]4C(=O)N[C@]5(C(=O)NS(=O)(=O)C6(C)CC6)C[C@H]5/C=C\CC[C@@H](C)C[C@@H](C)C(NC(=O)c5ccc(N(C)C)cc5)C(=O)N4C3)nccc2c1.[HH].[HH].[HH]. The molecule has 3 heterocycles. The fourth-order valence-electron chi connectivity index (χ4n) is 8.24. The molecule has 2 saturated carbocycles. The Labute approximate surface area is 344 Å². The average Bonchev–Trinajstić information content (AvgIpc) is 4.08. The normalized spacial score (nSPS) is 28.8. The van der Waals surface area contributed by atoms with E-state index in [-0.39, 0.29) is 35.5 Å². The summed E-state index contributed by atoms with van der Waals surface area (Å²) in [6, 6.07) is 12.3. The van der Waals surface area contributed by atoms with Crippen LogP contribution in [0, 0.1) is 17.8 Å². The van der Waals surface area contributed by atoms with Crippen molar-refractivity contribution in [3.63, 3.8) is 0 Å². The lowest BCUT2D eigenvalue weighted by molar-refractivity contribution is -0.142. The number of benzene rings is 2. The number of carbonyl (C=O) groups is 4. The Hall–Kier alpha value is -5.18. The van der Waals surface area contributed by atoms with E-state index in [4.69, 9.17) is 9.47 Å². The van der Waals surface area contributed by atoms with E-state index < -0.39 is 68.0 Å². The molecule has 1 aromatic heterocycles. The molecule has 1 unspecified atom stereocenters. The van der Waals surface area contributed by atoms with E-state index >= 15 is 0 Å². The molecule has 4 amide bonds. The van der Waals surface area contributed by atoms with Crippen molar-refractivity contribution < 1.29 is 41.3 Å². The monoisotopic (exact) mass is 820 g/mol. The van der Waals surface area contributed by atoms with Crippen LogP contribution in [0.15, 0.2) is 66.9 Å². The number of nitrogens with one attached hydrogen (secondary N) is 3. The van der Waals surface area contributed by atoms with Gasteiger partial charge in [0.15, 0.2) is 0 Å². The number of hydrogen-bond donors (Lipinski definition) is 3. The smallest absolute Gasteiger partial charge is 0.259 e. The van der Waals surface area contributed by atoms with Crippen molar-refractivity contribution in [2.75, 3.05) is 32.6 Å². The molecule has 3 N–H and O–H groups in total. The summed E-state index contributed by atoms with van der Waals surface area (Å²) in [4.78, 5) is 65.3. The molecule has 14 nitrogen and oxygen atoms in total. The van der Waals surface area contributed by atoms with E-state index in [9.17, 15) is 27.6 Å². The molecule has 2 aromatic carbocycles. The lowest BCUT2D eigenvalue weighted by Crippen LogP contribution is -2.59. The van der Waals surface area contributed by atoms with Crippen molar-refractivity contribution in [1.29, 1.82) is 0 Å². The number of carbonyl (C=O) groups excluding carboxylic acids is 4. The highest BCUT2D eigenvalue weighted by Crippen LogP contribution is 2.47. The van der Waals surface area contributed by atoms with Crippen molar-refractivity contribution in [3.05, 3.63) is 72.4 Å². The molecule has 2 aliphatic heterocycles. The largest absolute Gasteiger partial charge is 0.497 e. The van der Waals surface area contributed by atoms with Crippen molar-refractivity contribution >= 4 is 50.1 Å². The van der Waals surface area contributed by atoms with Crippen LogP contribution in [0.3, 0.4) is 0 Å². The quantitative estimate of drug-likeness (QED) is 0.247. The lowest BCUT2D eigenvalue weighted by Gasteiger charge is -2.33. The Balaban J connectivity index is 0.00000273. The Morgan fingerprint density at radius 1 is 1.05 bits per heavy atom. The summed E-state index contributed by atoms with van der Waals surface area (Å²) in [5, 5.41) is 7.49. The van der Waals surface area contributed by atoms with Gasteiger partial charge in [0.2, 0.25) is 27.7 Å². The van der Waals surface area contributed by atoms with Gasteiger partial charge >= 0.3 is 0 Å². The molecule has 3 fully saturated rings. The Morgan fingerprint density at radius 2 is 1.79 bits per heavy atom. The van der Waals surface area contributed by atoms with E-state index in [1.54, 1.807) is 38.4 Å². The van der Waals surface area contributed by atoms with Gasteiger partial charge in [0.25, 0.3) is 11.8 Å². The first kappa shape index (κ1) is 41.0. The van der Waals surface area contributed by atoms with Gasteiger partial charge in [0, 0.05) is 53.5 Å². The van der Waals surface area contributed by atoms with E-state index in [1.807, 2.05) is 68.4 Å². The molecule has 1 saturated heterocycles. The topological polar surface area (TPSA) is 176 Å². The van der Waals surface area contributed by atoms with Gasteiger partial charge in [-0.1, -0.05) is 26.0 Å². The standard InChI is InChI=1S/C43H54N6O8S.3H2/c1-26-9-7-8-10-30-24-43(30,41(53)47-58(54,55)42(3)18-19-42)46-38(51)35-23-33(57-39-34-16-15-32(56-6)22-29(34)17-20-44-39)25-49(35)40(52)36(27(2)21-26)45-37(50)28-11-13-31(14-12-28)48(4)5;;;/h8,10-17,20,22,26-27,30,33,35-36H,7,9,18-19,21,23-25H2,1-6H3,(H,45,50)(H,46,51)(H,47,53);3*1H/b10-8-;;;/t26-,27-,30-,33-,35+,36?,43-;;;/m1.../s1. The van der Waals surface area contributed by atoms with Crippen LogP contribution in [0.4, 0.5) is 5.69 Å². The molecule has 0 bridgehead atoms. The summed E-state index contributed by atoms with van der Waals surface area (Å²) < 4.78 is 39.6. The van der Waals surface area contributed by atoms with Crippen LogP contribution < -0.4 is 29.7 Å². The number of nitrogens with zero attached hydrogens (tertiary/aromatic N) is 3. The third-order valence-corrected chi connectivity index (χ3v) is 14.6. The summed E-state index contributed by atoms with van der Waals surface area (Å²) in [7, 11) is 1.40. The predicted molar refractivity (Wildman–Crippen MR) is 226 cm³/mol. The number of sulfonamides is 1. The third kappa shape index (κ3) is 8.23. The second-order valence-electron chi connectivity index (χ2n) is 17.1. The predicted octanol–water partition coefficient (Wildman–Crippen LogP) is 5.08. The number of methoxy groups -OCH3 is 1. The minimum Gasteiger partial charge on any atom is -0.497 e. The van der Waals surface area contributed by atoms with E-state index in [0.29, 0.717) is 48.3 Å². The average molecular weight is 821 g/mol. The van der Waals surface area contributed by atoms with Crippen LogP contribution in [-0.4, -0.2) is 98.2 Å². The first-order chi connectivity index (χ1) is 27.5. The van der Waals surface area contributed by atoms with Crippen LogP contribution in [0.1, 0.15) is 80.4 Å². The van der Waals surface area contributed by atoms with Gasteiger partial charge in [0.05, 0.1) is 18.4 Å². The highest BCUT2D eigenvalue weighted by Gasteiger charge is 2.63. The molecule has 316 valence electrons. The first-order valence-electron chi connectivity index (χ1n) is 20.1. The van der Waals surface area contributed by atoms with Crippen molar-refractivity contribution in [3.8, 4) is 11.6 Å². The van der Waals surface area contributed by atoms with Gasteiger partial charge in [-0.2, -0.15) is 0 Å². The zero-order chi connectivity index (χ0) is 41.6. The lowest BCUT2D eigenvalue weighted by atomic mass is 9.87.